The van der Waals surface area contributed by atoms with E-state index in [0.29, 0.717) is 23.5 Å². The van der Waals surface area contributed by atoms with Crippen LogP contribution in [0.25, 0.3) is 11.0 Å². The molecule has 2 aromatic heterocycles. The molecule has 0 aliphatic rings. The average molecular weight is 235 g/mol. The highest BCUT2D eigenvalue weighted by molar-refractivity contribution is 5.74. The maximum atomic E-state index is 11.8. The number of fused-ring (bicyclic) bond motifs is 1. The van der Waals surface area contributed by atoms with E-state index in [-0.39, 0.29) is 11.1 Å². The van der Waals surface area contributed by atoms with Gasteiger partial charge in [-0.15, -0.1) is 0 Å². The number of H-pyrrole nitrogens is 1. The highest BCUT2D eigenvalue weighted by atomic mass is 16.1. The molecule has 0 atom stereocenters. The maximum Gasteiger partial charge on any atom is 0.263 e. The Kier molecular flexibility index (Phi) is 2.65. The molecule has 0 unspecified atom stereocenters. The fourth-order valence-corrected chi connectivity index (χ4v) is 1.66. The number of nitrogens with zero attached hydrogens (tertiary/aromatic N) is 3. The molecule has 0 radical (unpaired) electrons. The smallest absolute Gasteiger partial charge is 0.263 e. The number of nitrogens with one attached hydrogen (secondary N) is 2. The second-order valence-electron chi connectivity index (χ2n) is 4.91. The van der Waals surface area contributed by atoms with Gasteiger partial charge in [-0.25, -0.2) is 4.68 Å². The van der Waals surface area contributed by atoms with Gasteiger partial charge in [-0.2, -0.15) is 10.1 Å². The van der Waals surface area contributed by atoms with E-state index in [1.165, 1.54) is 0 Å². The molecular weight excluding hydrogens is 218 g/mol. The first kappa shape index (κ1) is 11.6. The first-order chi connectivity index (χ1) is 7.93. The predicted molar refractivity (Wildman–Crippen MR) is 67.3 cm³/mol. The van der Waals surface area contributed by atoms with Crippen LogP contribution < -0.4 is 10.9 Å². The third kappa shape index (κ3) is 2.02. The van der Waals surface area contributed by atoms with Crippen LogP contribution in [-0.4, -0.2) is 26.3 Å². The van der Waals surface area contributed by atoms with E-state index in [2.05, 4.69) is 20.4 Å². The number of anilines is 1. The van der Waals surface area contributed by atoms with Crippen molar-refractivity contribution in [3.05, 3.63) is 16.6 Å². The molecule has 6 heteroatoms. The van der Waals surface area contributed by atoms with E-state index in [1.54, 1.807) is 10.9 Å². The Hall–Kier alpha value is -1.85. The Morgan fingerprint density at radius 3 is 2.76 bits per heavy atom. The topological polar surface area (TPSA) is 75.6 Å². The van der Waals surface area contributed by atoms with Crippen molar-refractivity contribution >= 4 is 17.0 Å². The molecule has 0 aliphatic carbocycles. The van der Waals surface area contributed by atoms with E-state index in [1.807, 2.05) is 27.7 Å². The normalized spacial score (nSPS) is 12.0. The first-order valence-electron chi connectivity index (χ1n) is 5.66. The molecule has 0 fully saturated rings. The van der Waals surface area contributed by atoms with Crippen molar-refractivity contribution in [1.29, 1.82) is 0 Å². The molecule has 0 amide bonds. The zero-order chi connectivity index (χ0) is 12.6. The summed E-state index contributed by atoms with van der Waals surface area (Å²) >= 11 is 0. The highest BCUT2D eigenvalue weighted by Crippen LogP contribution is 2.18. The van der Waals surface area contributed by atoms with Crippen molar-refractivity contribution < 1.29 is 0 Å². The minimum Gasteiger partial charge on any atom is -0.356 e. The molecule has 6 nitrogen and oxygen atoms in total. The van der Waals surface area contributed by atoms with Crippen molar-refractivity contribution in [2.45, 2.75) is 33.2 Å². The van der Waals surface area contributed by atoms with Gasteiger partial charge in [0.25, 0.3) is 5.56 Å². The van der Waals surface area contributed by atoms with Crippen molar-refractivity contribution in [2.24, 2.45) is 0 Å². The predicted octanol–water partition coefficient (Wildman–Crippen LogP) is 1.31. The van der Waals surface area contributed by atoms with Gasteiger partial charge in [0, 0.05) is 6.54 Å². The zero-order valence-corrected chi connectivity index (χ0v) is 10.5. The lowest BCUT2D eigenvalue weighted by molar-refractivity contribution is 0.366. The zero-order valence-electron chi connectivity index (χ0n) is 10.5. The summed E-state index contributed by atoms with van der Waals surface area (Å²) in [7, 11) is 0. The standard InChI is InChI=1S/C11H17N5O/c1-5-12-10-14-8-7(9(17)15-10)6-13-16(8)11(2,3)4/h6H,5H2,1-4H3,(H2,12,14,15,17). The van der Waals surface area contributed by atoms with Gasteiger partial charge < -0.3 is 5.32 Å². The SMILES string of the molecule is CCNc1nc2c(cnn2C(C)(C)C)c(=O)[nH]1. The summed E-state index contributed by atoms with van der Waals surface area (Å²) in [6, 6.07) is 0. The van der Waals surface area contributed by atoms with Gasteiger partial charge >= 0.3 is 0 Å². The van der Waals surface area contributed by atoms with E-state index in [0.717, 1.165) is 0 Å². The summed E-state index contributed by atoms with van der Waals surface area (Å²) in [4.78, 5) is 18.9. The third-order valence-electron chi connectivity index (χ3n) is 2.42. The van der Waals surface area contributed by atoms with Crippen LogP contribution >= 0.6 is 0 Å². The average Bonchev–Trinajstić information content (AvgIpc) is 2.61. The van der Waals surface area contributed by atoms with Crippen LogP contribution in [0.4, 0.5) is 5.95 Å². The number of aromatic amines is 1. The van der Waals surface area contributed by atoms with Crippen LogP contribution in [0, 0.1) is 0 Å². The van der Waals surface area contributed by atoms with Crippen LogP contribution in [0.3, 0.4) is 0 Å². The largest absolute Gasteiger partial charge is 0.356 e. The van der Waals surface area contributed by atoms with Gasteiger partial charge in [0.05, 0.1) is 11.7 Å². The molecule has 17 heavy (non-hydrogen) atoms. The summed E-state index contributed by atoms with van der Waals surface area (Å²) in [5, 5.41) is 7.75. The molecular formula is C11H17N5O. The number of hydrogen-bond acceptors (Lipinski definition) is 4. The second-order valence-corrected chi connectivity index (χ2v) is 4.91. The molecule has 0 spiro atoms. The van der Waals surface area contributed by atoms with Crippen LogP contribution in [0.5, 0.6) is 0 Å². The van der Waals surface area contributed by atoms with Gasteiger partial charge in [-0.3, -0.25) is 9.78 Å². The molecule has 2 heterocycles. The van der Waals surface area contributed by atoms with Gasteiger partial charge in [-0.05, 0) is 27.7 Å². The fourth-order valence-electron chi connectivity index (χ4n) is 1.66. The highest BCUT2D eigenvalue weighted by Gasteiger charge is 2.19. The summed E-state index contributed by atoms with van der Waals surface area (Å²) in [5.41, 5.74) is 0.241. The van der Waals surface area contributed by atoms with E-state index in [4.69, 9.17) is 0 Å². The minimum absolute atomic E-state index is 0.165. The summed E-state index contributed by atoms with van der Waals surface area (Å²) in [6.45, 7) is 8.73. The molecule has 0 saturated heterocycles. The Labute approximate surface area is 99.1 Å². The first-order valence-corrected chi connectivity index (χ1v) is 5.66. The lowest BCUT2D eigenvalue weighted by Crippen LogP contribution is -2.24. The van der Waals surface area contributed by atoms with Gasteiger partial charge in [0.15, 0.2) is 5.65 Å². The second kappa shape index (κ2) is 3.87. The molecule has 0 bridgehead atoms. The molecule has 92 valence electrons. The summed E-state index contributed by atoms with van der Waals surface area (Å²) < 4.78 is 1.76. The Bertz CT molecular complexity index is 590. The van der Waals surface area contributed by atoms with Crippen LogP contribution in [0.15, 0.2) is 11.0 Å². The third-order valence-corrected chi connectivity index (χ3v) is 2.42. The monoisotopic (exact) mass is 235 g/mol. The maximum absolute atomic E-state index is 11.8. The van der Waals surface area contributed by atoms with Gasteiger partial charge in [0.1, 0.15) is 5.39 Å². The minimum atomic E-state index is -0.202. The quantitative estimate of drug-likeness (QED) is 0.822. The van der Waals surface area contributed by atoms with E-state index < -0.39 is 0 Å². The molecule has 2 aromatic rings. The lowest BCUT2D eigenvalue weighted by Gasteiger charge is -2.19. The fraction of sp³-hybridized carbons (Fsp3) is 0.545. The number of hydrogen-bond donors (Lipinski definition) is 2. The van der Waals surface area contributed by atoms with Crippen molar-refractivity contribution in [3.63, 3.8) is 0 Å². The summed E-state index contributed by atoms with van der Waals surface area (Å²) in [5.74, 6) is 0.482. The molecule has 2 rings (SSSR count). The van der Waals surface area contributed by atoms with Crippen molar-refractivity contribution in [2.75, 3.05) is 11.9 Å². The van der Waals surface area contributed by atoms with E-state index in [9.17, 15) is 4.79 Å². The Morgan fingerprint density at radius 2 is 2.18 bits per heavy atom. The van der Waals surface area contributed by atoms with Gasteiger partial charge in [0.2, 0.25) is 5.95 Å². The number of rotatable bonds is 2. The molecule has 2 N–H and O–H groups in total. The van der Waals surface area contributed by atoms with E-state index >= 15 is 0 Å². The lowest BCUT2D eigenvalue weighted by atomic mass is 10.1. The van der Waals surface area contributed by atoms with Crippen LogP contribution in [0.1, 0.15) is 27.7 Å². The Balaban J connectivity index is 2.70. The van der Waals surface area contributed by atoms with Crippen LogP contribution in [-0.2, 0) is 5.54 Å². The molecule has 0 aliphatic heterocycles. The van der Waals surface area contributed by atoms with Crippen molar-refractivity contribution in [3.8, 4) is 0 Å². The Morgan fingerprint density at radius 1 is 1.47 bits per heavy atom. The molecule has 0 saturated carbocycles. The summed E-state index contributed by atoms with van der Waals surface area (Å²) in [6.07, 6.45) is 1.56. The number of aromatic nitrogens is 4. The van der Waals surface area contributed by atoms with Gasteiger partial charge in [-0.1, -0.05) is 0 Å². The van der Waals surface area contributed by atoms with Crippen molar-refractivity contribution in [1.82, 2.24) is 19.7 Å². The molecule has 0 aromatic carbocycles. The van der Waals surface area contributed by atoms with Crippen LogP contribution in [0.2, 0.25) is 0 Å².